The van der Waals surface area contributed by atoms with E-state index in [1.165, 1.54) is 315 Å². The SMILES string of the molecule is CCCCC/C=C\C/C=C\CCCCCCCCCCCC(=O)OCCCCCCCCCCCCCCCCCCCCCCCCCCCCCCC(=O)NC(CO)C(O)CCCCCCCCCCCCCCCC. The van der Waals surface area contributed by atoms with Gasteiger partial charge in [0.2, 0.25) is 5.91 Å². The molecule has 2 atom stereocenters. The Balaban J connectivity index is 3.32. The van der Waals surface area contributed by atoms with Crippen molar-refractivity contribution in [1.82, 2.24) is 5.32 Å². The maximum Gasteiger partial charge on any atom is 0.305 e. The topological polar surface area (TPSA) is 95.9 Å². The minimum atomic E-state index is -0.661. The summed E-state index contributed by atoms with van der Waals surface area (Å²) in [6.07, 6.45) is 85.2. The van der Waals surface area contributed by atoms with E-state index in [1.807, 2.05) is 0 Å². The highest BCUT2D eigenvalue weighted by atomic mass is 16.5. The van der Waals surface area contributed by atoms with E-state index in [0.717, 1.165) is 51.4 Å². The van der Waals surface area contributed by atoms with Crippen molar-refractivity contribution >= 4 is 11.9 Å². The number of carbonyl (C=O) groups excluding carboxylic acids is 2. The van der Waals surface area contributed by atoms with Crippen LogP contribution in [0.4, 0.5) is 0 Å². The van der Waals surface area contributed by atoms with Gasteiger partial charge in [0.1, 0.15) is 0 Å². The number of aliphatic hydroxyl groups is 2. The molecule has 6 heteroatoms. The van der Waals surface area contributed by atoms with Gasteiger partial charge in [0, 0.05) is 12.8 Å². The molecule has 78 heavy (non-hydrogen) atoms. The number of rotatable bonds is 67. The van der Waals surface area contributed by atoms with E-state index in [1.54, 1.807) is 0 Å². The van der Waals surface area contributed by atoms with Gasteiger partial charge in [-0.2, -0.15) is 0 Å². The highest BCUT2D eigenvalue weighted by Gasteiger charge is 2.20. The van der Waals surface area contributed by atoms with Crippen LogP contribution in [0, 0.1) is 0 Å². The second-order valence-corrected chi connectivity index (χ2v) is 24.6. The van der Waals surface area contributed by atoms with Crippen molar-refractivity contribution in [3.05, 3.63) is 24.3 Å². The predicted octanol–water partition coefficient (Wildman–Crippen LogP) is 22.9. The Kier molecular flexibility index (Phi) is 66.4. The van der Waals surface area contributed by atoms with E-state index < -0.39 is 12.1 Å². The number of aliphatic hydroxyl groups excluding tert-OH is 2. The first kappa shape index (κ1) is 76.3. The van der Waals surface area contributed by atoms with Gasteiger partial charge in [-0.15, -0.1) is 0 Å². The standard InChI is InChI=1S/C72H139NO5/c1-3-5-7-9-11-13-15-17-19-20-31-35-38-42-46-50-54-58-62-66-72(77)78-67-63-59-55-51-47-43-39-36-33-30-28-26-24-22-21-23-25-27-29-32-34-37-41-45-49-53-57-61-65-71(76)73-69(68-74)70(75)64-60-56-52-48-44-40-18-16-14-12-10-8-6-4-2/h11,13,17,19,69-70,74-75H,3-10,12,14-16,18,20-68H2,1-2H3,(H,73,76)/b13-11-,19-17-. The van der Waals surface area contributed by atoms with E-state index in [-0.39, 0.29) is 18.5 Å². The van der Waals surface area contributed by atoms with Crippen LogP contribution >= 0.6 is 0 Å². The zero-order chi connectivity index (χ0) is 56.4. The van der Waals surface area contributed by atoms with Gasteiger partial charge in [-0.3, -0.25) is 9.59 Å². The van der Waals surface area contributed by atoms with Crippen LogP contribution in [-0.4, -0.2) is 47.4 Å². The number of esters is 1. The highest BCUT2D eigenvalue weighted by Crippen LogP contribution is 2.19. The first-order valence-electron chi connectivity index (χ1n) is 35.6. The van der Waals surface area contributed by atoms with E-state index in [4.69, 9.17) is 4.74 Å². The lowest BCUT2D eigenvalue weighted by molar-refractivity contribution is -0.143. The minimum Gasteiger partial charge on any atom is -0.466 e. The molecule has 0 rings (SSSR count). The number of nitrogens with one attached hydrogen (secondary N) is 1. The summed E-state index contributed by atoms with van der Waals surface area (Å²) in [5.41, 5.74) is 0. The van der Waals surface area contributed by atoms with E-state index in [9.17, 15) is 19.8 Å². The molecule has 0 aliphatic heterocycles. The van der Waals surface area contributed by atoms with E-state index in [2.05, 4.69) is 43.5 Å². The van der Waals surface area contributed by atoms with Crippen LogP contribution in [-0.2, 0) is 14.3 Å². The summed E-state index contributed by atoms with van der Waals surface area (Å²) in [5.74, 6) is -0.0135. The van der Waals surface area contributed by atoms with Crippen molar-refractivity contribution < 1.29 is 24.5 Å². The van der Waals surface area contributed by atoms with Gasteiger partial charge in [-0.25, -0.2) is 0 Å². The average Bonchev–Trinajstić information content (AvgIpc) is 3.44. The molecule has 0 saturated carbocycles. The lowest BCUT2D eigenvalue weighted by atomic mass is 10.0. The van der Waals surface area contributed by atoms with Gasteiger partial charge in [0.15, 0.2) is 0 Å². The maximum absolute atomic E-state index is 12.5. The molecule has 0 heterocycles. The molecule has 0 fully saturated rings. The molecule has 0 aromatic rings. The molecule has 0 saturated heterocycles. The molecule has 0 aliphatic rings. The molecule has 3 N–H and O–H groups in total. The maximum atomic E-state index is 12.5. The molecule has 6 nitrogen and oxygen atoms in total. The molecule has 0 aromatic heterocycles. The fourth-order valence-electron chi connectivity index (χ4n) is 11.3. The minimum absolute atomic E-state index is 0.0158. The van der Waals surface area contributed by atoms with Crippen molar-refractivity contribution in [3.8, 4) is 0 Å². The summed E-state index contributed by atoms with van der Waals surface area (Å²) < 4.78 is 5.51. The third-order valence-electron chi connectivity index (χ3n) is 16.8. The molecule has 0 spiro atoms. The number of hydrogen-bond acceptors (Lipinski definition) is 5. The summed E-state index contributed by atoms with van der Waals surface area (Å²) in [5, 5.41) is 23.3. The molecule has 0 aromatic carbocycles. The Hall–Kier alpha value is -1.66. The van der Waals surface area contributed by atoms with Crippen molar-refractivity contribution in [2.75, 3.05) is 13.2 Å². The van der Waals surface area contributed by atoms with Gasteiger partial charge < -0.3 is 20.3 Å². The van der Waals surface area contributed by atoms with Crippen LogP contribution in [0.15, 0.2) is 24.3 Å². The normalized spacial score (nSPS) is 12.6. The smallest absolute Gasteiger partial charge is 0.305 e. The summed E-state index contributed by atoms with van der Waals surface area (Å²) in [4.78, 5) is 24.6. The number of unbranched alkanes of at least 4 members (excludes halogenated alkanes) is 52. The first-order chi connectivity index (χ1) is 38.5. The van der Waals surface area contributed by atoms with Crippen LogP contribution in [0.3, 0.4) is 0 Å². The van der Waals surface area contributed by atoms with Crippen molar-refractivity contribution in [3.63, 3.8) is 0 Å². The van der Waals surface area contributed by atoms with Gasteiger partial charge >= 0.3 is 5.97 Å². The summed E-state index contributed by atoms with van der Waals surface area (Å²) in [6.45, 7) is 4.96. The van der Waals surface area contributed by atoms with E-state index >= 15 is 0 Å². The van der Waals surface area contributed by atoms with Crippen LogP contribution in [0.1, 0.15) is 399 Å². The molecular formula is C72H139NO5. The van der Waals surface area contributed by atoms with Crippen molar-refractivity contribution in [2.24, 2.45) is 0 Å². The lowest BCUT2D eigenvalue weighted by Gasteiger charge is -2.22. The quantitative estimate of drug-likeness (QED) is 0.0320. The molecule has 0 bridgehead atoms. The Morgan fingerprint density at radius 2 is 0.641 bits per heavy atom. The number of hydrogen-bond donors (Lipinski definition) is 3. The van der Waals surface area contributed by atoms with Crippen LogP contribution in [0.25, 0.3) is 0 Å². The fraction of sp³-hybridized carbons (Fsp3) is 0.917. The summed E-state index contributed by atoms with van der Waals surface area (Å²) in [7, 11) is 0. The monoisotopic (exact) mass is 1100 g/mol. The second kappa shape index (κ2) is 67.8. The van der Waals surface area contributed by atoms with Gasteiger partial charge in [0.05, 0.1) is 25.4 Å². The lowest BCUT2D eigenvalue weighted by Crippen LogP contribution is -2.45. The average molecular weight is 1100 g/mol. The third-order valence-corrected chi connectivity index (χ3v) is 16.8. The van der Waals surface area contributed by atoms with Crippen molar-refractivity contribution in [2.45, 2.75) is 411 Å². The molecule has 2 unspecified atom stereocenters. The molecule has 462 valence electrons. The fourth-order valence-corrected chi connectivity index (χ4v) is 11.3. The van der Waals surface area contributed by atoms with Gasteiger partial charge in [-0.1, -0.05) is 353 Å². The van der Waals surface area contributed by atoms with Crippen LogP contribution in [0.2, 0.25) is 0 Å². The molecule has 0 aliphatic carbocycles. The predicted molar refractivity (Wildman–Crippen MR) is 343 cm³/mol. The molecule has 1 amide bonds. The second-order valence-electron chi connectivity index (χ2n) is 24.6. The van der Waals surface area contributed by atoms with Crippen LogP contribution in [0.5, 0.6) is 0 Å². The Morgan fingerprint density at radius 3 is 1.00 bits per heavy atom. The summed E-state index contributed by atoms with van der Waals surface area (Å²) >= 11 is 0. The molecule has 0 radical (unpaired) electrons. The Morgan fingerprint density at radius 1 is 0.359 bits per heavy atom. The number of carbonyl (C=O) groups is 2. The summed E-state index contributed by atoms with van der Waals surface area (Å²) in [6, 6.07) is -0.538. The molecular weight excluding hydrogens is 959 g/mol. The van der Waals surface area contributed by atoms with E-state index in [0.29, 0.717) is 25.9 Å². The number of amides is 1. The van der Waals surface area contributed by atoms with Gasteiger partial charge in [0.25, 0.3) is 0 Å². The van der Waals surface area contributed by atoms with Crippen molar-refractivity contribution in [1.29, 1.82) is 0 Å². The number of allylic oxidation sites excluding steroid dienone is 4. The zero-order valence-electron chi connectivity index (χ0n) is 52.9. The Labute approximate surface area is 488 Å². The number of ether oxygens (including phenoxy) is 1. The first-order valence-corrected chi connectivity index (χ1v) is 35.6. The van der Waals surface area contributed by atoms with Crippen LogP contribution < -0.4 is 5.32 Å². The Bertz CT molecular complexity index is 1220. The zero-order valence-corrected chi connectivity index (χ0v) is 52.9. The largest absolute Gasteiger partial charge is 0.466 e. The third kappa shape index (κ3) is 63.5. The van der Waals surface area contributed by atoms with Gasteiger partial charge in [-0.05, 0) is 57.8 Å². The highest BCUT2D eigenvalue weighted by molar-refractivity contribution is 5.76.